The Kier molecular flexibility index (Phi) is 11.4. The van der Waals surface area contributed by atoms with Crippen molar-refractivity contribution in [3.8, 4) is 0 Å². The van der Waals surface area contributed by atoms with Crippen LogP contribution in [0.5, 0.6) is 0 Å². The van der Waals surface area contributed by atoms with E-state index in [0.29, 0.717) is 32.7 Å². The molecule has 1 N–H and O–H groups in total. The molecular weight excluding hydrogens is 503 g/mol. The fourth-order valence-corrected chi connectivity index (χ4v) is 4.38. The third-order valence-corrected chi connectivity index (χ3v) is 6.39. The van der Waals surface area contributed by atoms with Crippen molar-refractivity contribution in [1.82, 2.24) is 14.5 Å². The number of hydrogen-bond acceptors (Lipinski definition) is 4. The molecule has 0 atom stereocenters. The van der Waals surface area contributed by atoms with Crippen molar-refractivity contribution in [3.05, 3.63) is 35.4 Å². The SMILES string of the molecule is CCNC(=NCc1cccc(C)c1)N1CCN(S(=O)(=O)CCOC(C)C)CC1.I. The molecular formula is C20H35IN4O3S. The van der Waals surface area contributed by atoms with Crippen molar-refractivity contribution in [2.24, 2.45) is 4.99 Å². The maximum absolute atomic E-state index is 12.5. The normalized spacial score (nSPS) is 16.0. The number of aliphatic imine (C=N–C) groups is 1. The first-order chi connectivity index (χ1) is 13.3. The first-order valence-electron chi connectivity index (χ1n) is 10.00. The zero-order chi connectivity index (χ0) is 20.6. The molecule has 1 aromatic rings. The number of ether oxygens (including phenoxy) is 1. The van der Waals surface area contributed by atoms with Gasteiger partial charge in [0, 0.05) is 32.7 Å². The fraction of sp³-hybridized carbons (Fsp3) is 0.650. The van der Waals surface area contributed by atoms with Gasteiger partial charge in [0.05, 0.1) is 25.0 Å². The lowest BCUT2D eigenvalue weighted by Gasteiger charge is -2.36. The Morgan fingerprint density at radius 3 is 2.52 bits per heavy atom. The van der Waals surface area contributed by atoms with E-state index < -0.39 is 10.0 Å². The number of piperazine rings is 1. The van der Waals surface area contributed by atoms with Crippen LogP contribution in [0.2, 0.25) is 0 Å². The molecule has 9 heteroatoms. The molecule has 7 nitrogen and oxygen atoms in total. The number of sulfonamides is 1. The summed E-state index contributed by atoms with van der Waals surface area (Å²) in [6, 6.07) is 8.32. The molecule has 0 aliphatic carbocycles. The molecule has 166 valence electrons. The van der Waals surface area contributed by atoms with Crippen LogP contribution < -0.4 is 5.32 Å². The van der Waals surface area contributed by atoms with Gasteiger partial charge in [-0.05, 0) is 33.3 Å². The van der Waals surface area contributed by atoms with Gasteiger partial charge in [-0.15, -0.1) is 24.0 Å². The van der Waals surface area contributed by atoms with Gasteiger partial charge in [0.15, 0.2) is 5.96 Å². The van der Waals surface area contributed by atoms with Gasteiger partial charge >= 0.3 is 0 Å². The molecule has 2 rings (SSSR count). The number of guanidine groups is 1. The highest BCUT2D eigenvalue weighted by molar-refractivity contribution is 14.0. The summed E-state index contributed by atoms with van der Waals surface area (Å²) in [5, 5.41) is 3.33. The molecule has 0 unspecified atom stereocenters. The van der Waals surface area contributed by atoms with E-state index in [0.717, 1.165) is 12.5 Å². The minimum absolute atomic E-state index is 0. The van der Waals surface area contributed by atoms with Crippen molar-refractivity contribution in [1.29, 1.82) is 0 Å². The van der Waals surface area contributed by atoms with Crippen LogP contribution >= 0.6 is 24.0 Å². The maximum Gasteiger partial charge on any atom is 0.216 e. The van der Waals surface area contributed by atoms with Gasteiger partial charge in [0.2, 0.25) is 10.0 Å². The third kappa shape index (κ3) is 8.77. The summed E-state index contributed by atoms with van der Waals surface area (Å²) < 4.78 is 32.0. The second kappa shape index (κ2) is 12.7. The molecule has 1 fully saturated rings. The Balaban J connectivity index is 0.00000420. The van der Waals surface area contributed by atoms with Gasteiger partial charge in [-0.2, -0.15) is 4.31 Å². The minimum atomic E-state index is -3.28. The first-order valence-corrected chi connectivity index (χ1v) is 11.6. The first kappa shape index (κ1) is 26.1. The quantitative estimate of drug-likeness (QED) is 0.313. The van der Waals surface area contributed by atoms with Crippen LogP contribution in [0.4, 0.5) is 0 Å². The predicted molar refractivity (Wildman–Crippen MR) is 129 cm³/mol. The lowest BCUT2D eigenvalue weighted by atomic mass is 10.1. The molecule has 1 heterocycles. The average molecular weight is 538 g/mol. The summed E-state index contributed by atoms with van der Waals surface area (Å²) in [5.74, 6) is 0.872. The van der Waals surface area contributed by atoms with E-state index in [1.165, 1.54) is 11.1 Å². The Bertz CT molecular complexity index is 748. The molecule has 0 amide bonds. The Hall–Kier alpha value is -0.910. The Morgan fingerprint density at radius 1 is 1.24 bits per heavy atom. The number of rotatable bonds is 8. The van der Waals surface area contributed by atoms with Crippen LogP contribution in [0.3, 0.4) is 0 Å². The van der Waals surface area contributed by atoms with Gasteiger partial charge < -0.3 is 15.0 Å². The highest BCUT2D eigenvalue weighted by atomic mass is 127. The molecule has 0 bridgehead atoms. The molecule has 1 aliphatic heterocycles. The molecule has 29 heavy (non-hydrogen) atoms. The van der Waals surface area contributed by atoms with Crippen molar-refractivity contribution in [2.45, 2.75) is 40.3 Å². The number of hydrogen-bond donors (Lipinski definition) is 1. The van der Waals surface area contributed by atoms with Gasteiger partial charge in [-0.3, -0.25) is 0 Å². The summed E-state index contributed by atoms with van der Waals surface area (Å²) in [4.78, 5) is 6.88. The van der Waals surface area contributed by atoms with Crippen LogP contribution in [-0.4, -0.2) is 74.8 Å². The summed E-state index contributed by atoms with van der Waals surface area (Å²) in [6.07, 6.45) is 0.0411. The second-order valence-electron chi connectivity index (χ2n) is 7.28. The fourth-order valence-electron chi connectivity index (χ4n) is 3.10. The number of aryl methyl sites for hydroxylation is 1. The smallest absolute Gasteiger partial charge is 0.216 e. The summed E-state index contributed by atoms with van der Waals surface area (Å²) >= 11 is 0. The van der Waals surface area contributed by atoms with E-state index in [9.17, 15) is 8.42 Å². The van der Waals surface area contributed by atoms with Crippen molar-refractivity contribution < 1.29 is 13.2 Å². The standard InChI is InChI=1S/C20H34N4O3S.HI/c1-5-21-20(22-16-19-8-6-7-18(4)15-19)23-9-11-24(12-10-23)28(25,26)14-13-27-17(2)3;/h6-8,15,17H,5,9-14,16H2,1-4H3,(H,21,22);1H. The van der Waals surface area contributed by atoms with E-state index in [4.69, 9.17) is 9.73 Å². The largest absolute Gasteiger partial charge is 0.378 e. The van der Waals surface area contributed by atoms with Crippen LogP contribution in [0.25, 0.3) is 0 Å². The van der Waals surface area contributed by atoms with Crippen molar-refractivity contribution in [2.75, 3.05) is 45.1 Å². The molecule has 0 saturated carbocycles. The maximum atomic E-state index is 12.5. The average Bonchev–Trinajstić information content (AvgIpc) is 2.65. The van der Waals surface area contributed by atoms with Crippen LogP contribution in [-0.2, 0) is 21.3 Å². The lowest BCUT2D eigenvalue weighted by molar-refractivity contribution is 0.0904. The topological polar surface area (TPSA) is 74.2 Å². The van der Waals surface area contributed by atoms with E-state index in [-0.39, 0.29) is 42.4 Å². The third-order valence-electron chi connectivity index (χ3n) is 4.55. The number of nitrogens with one attached hydrogen (secondary N) is 1. The number of nitrogens with zero attached hydrogens (tertiary/aromatic N) is 3. The van der Waals surface area contributed by atoms with Crippen LogP contribution in [0.15, 0.2) is 29.3 Å². The highest BCUT2D eigenvalue weighted by Crippen LogP contribution is 2.10. The van der Waals surface area contributed by atoms with Gasteiger partial charge in [-0.25, -0.2) is 13.4 Å². The monoisotopic (exact) mass is 538 g/mol. The van der Waals surface area contributed by atoms with Crippen molar-refractivity contribution >= 4 is 40.0 Å². The lowest BCUT2D eigenvalue weighted by Crippen LogP contribution is -2.54. The minimum Gasteiger partial charge on any atom is -0.378 e. The van der Waals surface area contributed by atoms with Crippen LogP contribution in [0.1, 0.15) is 31.9 Å². The van der Waals surface area contributed by atoms with E-state index in [1.807, 2.05) is 26.8 Å². The number of halogens is 1. The number of benzene rings is 1. The van der Waals surface area contributed by atoms with E-state index in [2.05, 4.69) is 35.3 Å². The zero-order valence-corrected chi connectivity index (χ0v) is 21.1. The summed E-state index contributed by atoms with van der Waals surface area (Å²) in [5.41, 5.74) is 2.39. The highest BCUT2D eigenvalue weighted by Gasteiger charge is 2.28. The van der Waals surface area contributed by atoms with Crippen LogP contribution in [0, 0.1) is 6.92 Å². The molecule has 1 aromatic carbocycles. The van der Waals surface area contributed by atoms with Gasteiger partial charge in [-0.1, -0.05) is 29.8 Å². The molecule has 0 aromatic heterocycles. The zero-order valence-electron chi connectivity index (χ0n) is 17.9. The van der Waals surface area contributed by atoms with Gasteiger partial charge in [0.1, 0.15) is 0 Å². The summed E-state index contributed by atoms with van der Waals surface area (Å²) in [6.45, 7) is 11.7. The second-order valence-corrected chi connectivity index (χ2v) is 9.37. The Morgan fingerprint density at radius 2 is 1.93 bits per heavy atom. The van der Waals surface area contributed by atoms with Crippen molar-refractivity contribution in [3.63, 3.8) is 0 Å². The molecule has 0 spiro atoms. The summed E-state index contributed by atoms with van der Waals surface area (Å²) in [7, 11) is -3.28. The molecule has 1 aliphatic rings. The Labute approximate surface area is 193 Å². The predicted octanol–water partition coefficient (Wildman–Crippen LogP) is 2.45. The molecule has 1 saturated heterocycles. The van der Waals surface area contributed by atoms with E-state index in [1.54, 1.807) is 4.31 Å². The molecule has 0 radical (unpaired) electrons. The van der Waals surface area contributed by atoms with E-state index >= 15 is 0 Å². The van der Waals surface area contributed by atoms with Gasteiger partial charge in [0.25, 0.3) is 0 Å².